The first-order chi connectivity index (χ1) is 9.09. The molecule has 0 aromatic carbocycles. The van der Waals surface area contributed by atoms with E-state index in [1.54, 1.807) is 0 Å². The topological polar surface area (TPSA) is 86.6 Å². The molecule has 2 saturated carbocycles. The van der Waals surface area contributed by atoms with Crippen LogP contribution in [0.15, 0.2) is 0 Å². The lowest BCUT2D eigenvalue weighted by Gasteiger charge is -2.32. The molecule has 0 saturated heterocycles. The number of amides is 1. The fourth-order valence-corrected chi connectivity index (χ4v) is 3.31. The van der Waals surface area contributed by atoms with Crippen molar-refractivity contribution < 1.29 is 19.8 Å². The van der Waals surface area contributed by atoms with Gasteiger partial charge in [0.15, 0.2) is 0 Å². The number of aliphatic hydroxyl groups excluding tert-OH is 1. The van der Waals surface area contributed by atoms with Crippen LogP contribution in [0.4, 0.5) is 0 Å². The second kappa shape index (κ2) is 6.37. The van der Waals surface area contributed by atoms with Crippen LogP contribution in [0.25, 0.3) is 0 Å². The van der Waals surface area contributed by atoms with Crippen molar-refractivity contribution in [2.45, 2.75) is 63.5 Å². The third-order valence-corrected chi connectivity index (χ3v) is 4.48. The van der Waals surface area contributed by atoms with Gasteiger partial charge in [0, 0.05) is 0 Å². The number of carboxylic acids is 1. The van der Waals surface area contributed by atoms with Gasteiger partial charge in [0.25, 0.3) is 0 Å². The Bertz CT molecular complexity index is 344. The molecule has 19 heavy (non-hydrogen) atoms. The first-order valence-corrected chi connectivity index (χ1v) is 7.31. The van der Waals surface area contributed by atoms with Crippen LogP contribution in [0.2, 0.25) is 0 Å². The van der Waals surface area contributed by atoms with E-state index >= 15 is 0 Å². The average molecular weight is 269 g/mol. The predicted molar refractivity (Wildman–Crippen MR) is 69.5 cm³/mol. The van der Waals surface area contributed by atoms with Gasteiger partial charge >= 0.3 is 5.97 Å². The number of rotatable bonds is 3. The van der Waals surface area contributed by atoms with E-state index in [0.29, 0.717) is 12.8 Å². The van der Waals surface area contributed by atoms with E-state index in [2.05, 4.69) is 5.32 Å². The Balaban J connectivity index is 1.95. The van der Waals surface area contributed by atoms with E-state index in [1.807, 2.05) is 0 Å². The fraction of sp³-hybridized carbons (Fsp3) is 0.857. The molecule has 0 heterocycles. The van der Waals surface area contributed by atoms with Crippen molar-refractivity contribution >= 4 is 11.9 Å². The zero-order valence-electron chi connectivity index (χ0n) is 11.2. The van der Waals surface area contributed by atoms with Crippen LogP contribution in [-0.2, 0) is 9.59 Å². The molecular weight excluding hydrogens is 246 g/mol. The van der Waals surface area contributed by atoms with Crippen molar-refractivity contribution in [3.05, 3.63) is 0 Å². The normalized spacial score (nSPS) is 35.6. The van der Waals surface area contributed by atoms with Crippen LogP contribution in [0.5, 0.6) is 0 Å². The van der Waals surface area contributed by atoms with Gasteiger partial charge in [-0.3, -0.25) is 9.59 Å². The van der Waals surface area contributed by atoms with Crippen molar-refractivity contribution in [1.82, 2.24) is 5.32 Å². The molecule has 5 heteroatoms. The summed E-state index contributed by atoms with van der Waals surface area (Å²) in [6.07, 6.45) is 6.05. The monoisotopic (exact) mass is 269 g/mol. The quantitative estimate of drug-likeness (QED) is 0.720. The highest BCUT2D eigenvalue weighted by Crippen LogP contribution is 2.31. The van der Waals surface area contributed by atoms with Crippen molar-refractivity contribution in [3.63, 3.8) is 0 Å². The zero-order chi connectivity index (χ0) is 13.8. The number of hydrogen-bond acceptors (Lipinski definition) is 3. The second-order valence-corrected chi connectivity index (χ2v) is 5.80. The van der Waals surface area contributed by atoms with Crippen molar-refractivity contribution in [2.75, 3.05) is 0 Å². The van der Waals surface area contributed by atoms with Crippen molar-refractivity contribution in [1.29, 1.82) is 0 Å². The van der Waals surface area contributed by atoms with Gasteiger partial charge in [-0.1, -0.05) is 25.7 Å². The summed E-state index contributed by atoms with van der Waals surface area (Å²) in [5.41, 5.74) is 0. The summed E-state index contributed by atoms with van der Waals surface area (Å²) < 4.78 is 0. The van der Waals surface area contributed by atoms with E-state index in [1.165, 1.54) is 0 Å². The van der Waals surface area contributed by atoms with E-state index in [4.69, 9.17) is 0 Å². The molecule has 0 radical (unpaired) electrons. The Morgan fingerprint density at radius 2 is 1.47 bits per heavy atom. The number of aliphatic carboxylic acids is 1. The summed E-state index contributed by atoms with van der Waals surface area (Å²) in [7, 11) is 0. The average Bonchev–Trinajstić information content (AvgIpc) is 2.41. The summed E-state index contributed by atoms with van der Waals surface area (Å²) in [4.78, 5) is 23.4. The van der Waals surface area contributed by atoms with E-state index in [0.717, 1.165) is 38.5 Å². The van der Waals surface area contributed by atoms with Crippen molar-refractivity contribution in [3.8, 4) is 0 Å². The van der Waals surface area contributed by atoms with Crippen LogP contribution >= 0.6 is 0 Å². The van der Waals surface area contributed by atoms with Crippen LogP contribution in [0.3, 0.4) is 0 Å². The second-order valence-electron chi connectivity index (χ2n) is 5.80. The lowest BCUT2D eigenvalue weighted by atomic mass is 9.78. The minimum Gasteiger partial charge on any atom is -0.481 e. The maximum Gasteiger partial charge on any atom is 0.307 e. The van der Waals surface area contributed by atoms with E-state index in [-0.39, 0.29) is 11.9 Å². The highest BCUT2D eigenvalue weighted by atomic mass is 16.4. The molecule has 4 atom stereocenters. The van der Waals surface area contributed by atoms with E-state index < -0.39 is 23.9 Å². The van der Waals surface area contributed by atoms with Gasteiger partial charge in [-0.25, -0.2) is 0 Å². The third-order valence-electron chi connectivity index (χ3n) is 4.48. The number of carboxylic acid groups (broad SMARTS) is 1. The standard InChI is InChI=1S/C14H23NO4/c16-12-8-4-3-7-11(12)15-13(17)9-5-1-2-6-10(9)14(18)19/h9-12,16H,1-8H2,(H,15,17)(H,18,19)/t9-,10+,11-,12-/m1/s1. The molecule has 2 aliphatic carbocycles. The summed E-state index contributed by atoms with van der Waals surface area (Å²) in [5.74, 6) is -2.04. The van der Waals surface area contributed by atoms with Crippen LogP contribution in [0, 0.1) is 11.8 Å². The van der Waals surface area contributed by atoms with Gasteiger partial charge < -0.3 is 15.5 Å². The Morgan fingerprint density at radius 1 is 0.895 bits per heavy atom. The smallest absolute Gasteiger partial charge is 0.307 e. The number of aliphatic hydroxyl groups is 1. The van der Waals surface area contributed by atoms with Gasteiger partial charge in [-0.2, -0.15) is 0 Å². The largest absolute Gasteiger partial charge is 0.481 e. The highest BCUT2D eigenvalue weighted by molar-refractivity contribution is 5.85. The first-order valence-electron chi connectivity index (χ1n) is 7.31. The maximum atomic E-state index is 12.2. The highest BCUT2D eigenvalue weighted by Gasteiger charge is 2.37. The molecule has 2 rings (SSSR count). The summed E-state index contributed by atoms with van der Waals surface area (Å²) >= 11 is 0. The molecule has 0 bridgehead atoms. The molecule has 1 amide bonds. The Kier molecular flexibility index (Phi) is 4.80. The van der Waals surface area contributed by atoms with Gasteiger partial charge in [-0.15, -0.1) is 0 Å². The molecule has 0 unspecified atom stereocenters. The van der Waals surface area contributed by atoms with Gasteiger partial charge in [-0.05, 0) is 25.7 Å². The number of hydrogen-bond donors (Lipinski definition) is 3. The van der Waals surface area contributed by atoms with Gasteiger partial charge in [0.2, 0.25) is 5.91 Å². The molecule has 108 valence electrons. The van der Waals surface area contributed by atoms with Crippen LogP contribution in [-0.4, -0.2) is 34.2 Å². The molecule has 2 fully saturated rings. The Morgan fingerprint density at radius 3 is 2.11 bits per heavy atom. The molecule has 5 nitrogen and oxygen atoms in total. The molecule has 0 aromatic rings. The van der Waals surface area contributed by atoms with Crippen LogP contribution < -0.4 is 5.32 Å². The van der Waals surface area contributed by atoms with Crippen LogP contribution in [0.1, 0.15) is 51.4 Å². The van der Waals surface area contributed by atoms with E-state index in [9.17, 15) is 19.8 Å². The summed E-state index contributed by atoms with van der Waals surface area (Å²) in [6, 6.07) is -0.197. The zero-order valence-corrected chi connectivity index (χ0v) is 11.2. The third kappa shape index (κ3) is 3.47. The summed E-state index contributed by atoms with van der Waals surface area (Å²) in [5, 5.41) is 21.9. The first kappa shape index (κ1) is 14.3. The molecule has 0 aliphatic heterocycles. The molecule has 0 aromatic heterocycles. The predicted octanol–water partition coefficient (Wildman–Crippen LogP) is 1.30. The number of nitrogens with one attached hydrogen (secondary N) is 1. The minimum absolute atomic E-state index is 0.182. The fourth-order valence-electron chi connectivity index (χ4n) is 3.31. The lowest BCUT2D eigenvalue weighted by molar-refractivity contribution is -0.149. The summed E-state index contributed by atoms with van der Waals surface area (Å²) in [6.45, 7) is 0. The molecule has 3 N–H and O–H groups in total. The lowest BCUT2D eigenvalue weighted by Crippen LogP contribution is -2.49. The maximum absolute atomic E-state index is 12.2. The molecule has 2 aliphatic rings. The minimum atomic E-state index is -0.871. The van der Waals surface area contributed by atoms with Gasteiger partial charge in [0.1, 0.15) is 0 Å². The van der Waals surface area contributed by atoms with Gasteiger partial charge in [0.05, 0.1) is 24.0 Å². The molecular formula is C14H23NO4. The number of carbonyl (C=O) groups is 2. The molecule has 0 spiro atoms. The van der Waals surface area contributed by atoms with Crippen molar-refractivity contribution in [2.24, 2.45) is 11.8 Å². The Hall–Kier alpha value is -1.10. The number of carbonyl (C=O) groups excluding carboxylic acids is 1. The SMILES string of the molecule is O=C(O)[C@H]1CCCC[C@H]1C(=O)N[C@@H]1CCCC[C@H]1O. The Labute approximate surface area is 113 Å².